The number of carbonyl (C=O) groups excluding carboxylic acids is 1. The van der Waals surface area contributed by atoms with Crippen LogP contribution in [-0.2, 0) is 11.4 Å². The number of halogens is 1. The van der Waals surface area contributed by atoms with E-state index in [-0.39, 0.29) is 12.5 Å². The van der Waals surface area contributed by atoms with E-state index in [1.54, 1.807) is 6.07 Å². The second kappa shape index (κ2) is 7.71. The molecule has 136 valence electrons. The third-order valence-electron chi connectivity index (χ3n) is 4.50. The van der Waals surface area contributed by atoms with Gasteiger partial charge in [-0.2, -0.15) is 5.26 Å². The number of nitriles is 1. The molecule has 28 heavy (non-hydrogen) atoms. The van der Waals surface area contributed by atoms with Crippen LogP contribution < -0.4 is 10.1 Å². The summed E-state index contributed by atoms with van der Waals surface area (Å²) in [6, 6.07) is 22.8. The number of anilines is 1. The largest absolute Gasteiger partial charge is 0.488 e. The van der Waals surface area contributed by atoms with Gasteiger partial charge < -0.3 is 10.1 Å². The maximum Gasteiger partial charge on any atom is 0.256 e. The Balaban J connectivity index is 1.68. The number of para-hydroxylation sites is 1. The van der Waals surface area contributed by atoms with Gasteiger partial charge in [0.25, 0.3) is 5.91 Å². The van der Waals surface area contributed by atoms with Gasteiger partial charge in [-0.25, -0.2) is 0 Å². The Labute approximate surface area is 171 Å². The summed E-state index contributed by atoms with van der Waals surface area (Å²) in [5.41, 5.74) is 4.45. The Bertz CT molecular complexity index is 1150. The highest BCUT2D eigenvalue weighted by molar-refractivity contribution is 9.10. The average molecular weight is 431 g/mol. The fraction of sp³-hybridized carbons (Fsp3) is 0.0435. The monoisotopic (exact) mass is 430 g/mol. The highest BCUT2D eigenvalue weighted by atomic mass is 79.9. The van der Waals surface area contributed by atoms with Crippen LogP contribution in [-0.4, -0.2) is 5.91 Å². The van der Waals surface area contributed by atoms with E-state index in [0.29, 0.717) is 16.9 Å². The molecule has 0 bridgehead atoms. The number of amides is 1. The van der Waals surface area contributed by atoms with E-state index in [4.69, 9.17) is 4.74 Å². The van der Waals surface area contributed by atoms with E-state index in [9.17, 15) is 10.1 Å². The first-order valence-electron chi connectivity index (χ1n) is 8.68. The van der Waals surface area contributed by atoms with Crippen LogP contribution in [0, 0.1) is 11.3 Å². The lowest BCUT2D eigenvalue weighted by molar-refractivity contribution is -0.110. The van der Waals surface area contributed by atoms with Crippen molar-refractivity contribution in [1.29, 1.82) is 5.26 Å². The standard InChI is InChI=1S/C23H15BrN2O2/c24-18-9-10-22(28-14-16-6-2-1-5-15(16)13-25)17(11-18)12-20-19-7-3-4-8-21(19)26-23(20)27/h1-12H,14H2,(H,26,27). The molecule has 0 radical (unpaired) electrons. The molecule has 1 heterocycles. The molecule has 0 fully saturated rings. The second-order valence-corrected chi connectivity index (χ2v) is 7.21. The molecule has 0 unspecified atom stereocenters. The lowest BCUT2D eigenvalue weighted by atomic mass is 10.0. The van der Waals surface area contributed by atoms with Crippen LogP contribution in [0.2, 0.25) is 0 Å². The zero-order valence-corrected chi connectivity index (χ0v) is 16.4. The molecular weight excluding hydrogens is 416 g/mol. The van der Waals surface area contributed by atoms with Crippen molar-refractivity contribution in [2.24, 2.45) is 0 Å². The summed E-state index contributed by atoms with van der Waals surface area (Å²) in [6.07, 6.45) is 1.83. The number of ether oxygens (including phenoxy) is 1. The molecular formula is C23H15BrN2O2. The molecule has 3 aromatic rings. The molecule has 1 amide bonds. The number of hydrogen-bond donors (Lipinski definition) is 1. The molecule has 3 aromatic carbocycles. The van der Waals surface area contributed by atoms with Crippen molar-refractivity contribution in [2.45, 2.75) is 6.61 Å². The van der Waals surface area contributed by atoms with Gasteiger partial charge in [0.1, 0.15) is 12.4 Å². The predicted molar refractivity (Wildman–Crippen MR) is 113 cm³/mol. The van der Waals surface area contributed by atoms with E-state index >= 15 is 0 Å². The van der Waals surface area contributed by atoms with Crippen molar-refractivity contribution in [3.8, 4) is 11.8 Å². The van der Waals surface area contributed by atoms with Crippen LogP contribution in [0.1, 0.15) is 22.3 Å². The van der Waals surface area contributed by atoms with Crippen molar-refractivity contribution in [1.82, 2.24) is 0 Å². The average Bonchev–Trinajstić information content (AvgIpc) is 3.03. The summed E-state index contributed by atoms with van der Waals surface area (Å²) in [6.45, 7) is 0.268. The summed E-state index contributed by atoms with van der Waals surface area (Å²) < 4.78 is 6.89. The third kappa shape index (κ3) is 3.55. The molecule has 0 saturated heterocycles. The molecule has 0 aromatic heterocycles. The van der Waals surface area contributed by atoms with Gasteiger partial charge in [0.15, 0.2) is 0 Å². The first kappa shape index (κ1) is 18.0. The lowest BCUT2D eigenvalue weighted by Gasteiger charge is -2.11. The van der Waals surface area contributed by atoms with Crippen LogP contribution in [0.5, 0.6) is 5.75 Å². The Kier molecular flexibility index (Phi) is 4.96. The molecule has 0 saturated carbocycles. The first-order valence-corrected chi connectivity index (χ1v) is 9.48. The fourth-order valence-corrected chi connectivity index (χ4v) is 3.49. The molecule has 1 aliphatic rings. The van der Waals surface area contributed by atoms with Crippen molar-refractivity contribution in [2.75, 3.05) is 5.32 Å². The van der Waals surface area contributed by atoms with Crippen LogP contribution in [0.15, 0.2) is 71.2 Å². The van der Waals surface area contributed by atoms with Crippen molar-refractivity contribution < 1.29 is 9.53 Å². The normalized spacial score (nSPS) is 13.7. The minimum Gasteiger partial charge on any atom is -0.488 e. The molecule has 5 heteroatoms. The summed E-state index contributed by atoms with van der Waals surface area (Å²) in [7, 11) is 0. The SMILES string of the molecule is N#Cc1ccccc1COc1ccc(Br)cc1C=C1C(=O)Nc2ccccc21. The molecule has 4 nitrogen and oxygen atoms in total. The Morgan fingerprint density at radius 2 is 1.86 bits per heavy atom. The van der Waals surface area contributed by atoms with Gasteiger partial charge in [0.2, 0.25) is 0 Å². The van der Waals surface area contributed by atoms with E-state index in [1.165, 1.54) is 0 Å². The van der Waals surface area contributed by atoms with Gasteiger partial charge in [-0.1, -0.05) is 52.3 Å². The van der Waals surface area contributed by atoms with Gasteiger partial charge in [0.05, 0.1) is 11.6 Å². The summed E-state index contributed by atoms with van der Waals surface area (Å²) in [5.74, 6) is 0.502. The molecule has 4 rings (SSSR count). The Morgan fingerprint density at radius 3 is 2.71 bits per heavy atom. The number of nitrogens with one attached hydrogen (secondary N) is 1. The molecule has 0 aliphatic carbocycles. The minimum absolute atomic E-state index is 0.137. The molecule has 1 aliphatic heterocycles. The minimum atomic E-state index is -0.137. The number of carbonyl (C=O) groups is 1. The topological polar surface area (TPSA) is 62.1 Å². The highest BCUT2D eigenvalue weighted by Gasteiger charge is 2.23. The van der Waals surface area contributed by atoms with E-state index in [1.807, 2.05) is 66.7 Å². The van der Waals surface area contributed by atoms with Crippen molar-refractivity contribution in [3.63, 3.8) is 0 Å². The number of rotatable bonds is 4. The maximum absolute atomic E-state index is 12.4. The van der Waals surface area contributed by atoms with Crippen LogP contribution >= 0.6 is 15.9 Å². The molecule has 1 N–H and O–H groups in total. The first-order chi connectivity index (χ1) is 13.7. The Morgan fingerprint density at radius 1 is 1.07 bits per heavy atom. The zero-order chi connectivity index (χ0) is 19.5. The van der Waals surface area contributed by atoms with Gasteiger partial charge in [0, 0.05) is 32.4 Å². The van der Waals surface area contributed by atoms with E-state index in [0.717, 1.165) is 26.9 Å². The van der Waals surface area contributed by atoms with Crippen LogP contribution in [0.3, 0.4) is 0 Å². The summed E-state index contributed by atoms with van der Waals surface area (Å²) >= 11 is 3.48. The van der Waals surface area contributed by atoms with E-state index < -0.39 is 0 Å². The summed E-state index contributed by atoms with van der Waals surface area (Å²) in [5, 5.41) is 12.1. The lowest BCUT2D eigenvalue weighted by Crippen LogP contribution is -2.04. The maximum atomic E-state index is 12.4. The van der Waals surface area contributed by atoms with E-state index in [2.05, 4.69) is 27.3 Å². The zero-order valence-electron chi connectivity index (χ0n) is 14.8. The van der Waals surface area contributed by atoms with Crippen LogP contribution in [0.4, 0.5) is 5.69 Å². The third-order valence-corrected chi connectivity index (χ3v) is 5.00. The molecule has 0 spiro atoms. The van der Waals surface area contributed by atoms with Crippen molar-refractivity contribution >= 4 is 39.2 Å². The number of hydrogen-bond acceptors (Lipinski definition) is 3. The van der Waals surface area contributed by atoms with Gasteiger partial charge in [-0.15, -0.1) is 0 Å². The fourth-order valence-electron chi connectivity index (χ4n) is 3.11. The van der Waals surface area contributed by atoms with Gasteiger partial charge in [-0.05, 0) is 36.4 Å². The van der Waals surface area contributed by atoms with Gasteiger partial charge >= 0.3 is 0 Å². The van der Waals surface area contributed by atoms with Crippen LogP contribution in [0.25, 0.3) is 11.6 Å². The van der Waals surface area contributed by atoms with Crippen molar-refractivity contribution in [3.05, 3.63) is 93.5 Å². The summed E-state index contributed by atoms with van der Waals surface area (Å²) in [4.78, 5) is 12.4. The highest BCUT2D eigenvalue weighted by Crippen LogP contribution is 2.35. The number of nitrogens with zero attached hydrogens (tertiary/aromatic N) is 1. The smallest absolute Gasteiger partial charge is 0.256 e. The van der Waals surface area contributed by atoms with Gasteiger partial charge in [-0.3, -0.25) is 4.79 Å². The quantitative estimate of drug-likeness (QED) is 0.564. The predicted octanol–water partition coefficient (Wildman–Crippen LogP) is 5.39. The number of benzene rings is 3. The molecule has 0 atom stereocenters. The Hall–Kier alpha value is -3.36. The number of fused-ring (bicyclic) bond motifs is 1. The second-order valence-electron chi connectivity index (χ2n) is 6.30.